The maximum absolute atomic E-state index is 4.67. The largest absolute Gasteiger partial charge is 0.289 e. The first-order valence-electron chi connectivity index (χ1n) is 5.78. The zero-order valence-electron chi connectivity index (χ0n) is 9.02. The fourth-order valence-corrected chi connectivity index (χ4v) is 2.80. The van der Waals surface area contributed by atoms with Crippen LogP contribution >= 0.6 is 8.58 Å². The Morgan fingerprint density at radius 3 is 2.53 bits per heavy atom. The van der Waals surface area contributed by atoms with Crippen molar-refractivity contribution >= 4 is 19.8 Å². The van der Waals surface area contributed by atoms with Crippen LogP contribution in [0.5, 0.6) is 0 Å². The minimum Gasteiger partial charge on any atom is -0.289 e. The fraction of sp³-hybridized carbons (Fsp3) is 0.462. The third kappa shape index (κ3) is 3.76. The van der Waals surface area contributed by atoms with Crippen LogP contribution in [0.3, 0.4) is 0 Å². The predicted molar refractivity (Wildman–Crippen MR) is 69.8 cm³/mol. The summed E-state index contributed by atoms with van der Waals surface area (Å²) in [5, 5.41) is 1.39. The highest BCUT2D eigenvalue weighted by Crippen LogP contribution is 2.20. The third-order valence-corrected chi connectivity index (χ3v) is 3.81. The molecule has 1 aromatic rings. The standard InChI is InChI=1S/C13H18NP/c1-3-7-12(8-4-1)14-11-15-13-9-5-2-6-10-13/h2,5-6,9-12,15H,1,3-4,7-8H2. The molecule has 80 valence electrons. The van der Waals surface area contributed by atoms with Crippen LogP contribution in [0.15, 0.2) is 35.3 Å². The van der Waals surface area contributed by atoms with Crippen molar-refractivity contribution in [1.82, 2.24) is 0 Å². The van der Waals surface area contributed by atoms with E-state index in [1.54, 1.807) is 0 Å². The van der Waals surface area contributed by atoms with E-state index in [0.29, 0.717) is 6.04 Å². The van der Waals surface area contributed by atoms with Crippen LogP contribution in [0.1, 0.15) is 32.1 Å². The van der Waals surface area contributed by atoms with Crippen molar-refractivity contribution in [3.8, 4) is 0 Å². The van der Waals surface area contributed by atoms with E-state index in [4.69, 9.17) is 0 Å². The van der Waals surface area contributed by atoms with E-state index in [0.717, 1.165) is 8.58 Å². The van der Waals surface area contributed by atoms with Gasteiger partial charge in [-0.15, -0.1) is 0 Å². The van der Waals surface area contributed by atoms with Gasteiger partial charge in [0, 0.05) is 12.0 Å². The van der Waals surface area contributed by atoms with Crippen molar-refractivity contribution in [2.45, 2.75) is 38.1 Å². The average molecular weight is 219 g/mol. The number of aliphatic imine (C=N–C) groups is 1. The van der Waals surface area contributed by atoms with Gasteiger partial charge in [-0.05, 0) is 26.7 Å². The lowest BCUT2D eigenvalue weighted by Crippen LogP contribution is -2.09. The van der Waals surface area contributed by atoms with E-state index < -0.39 is 0 Å². The molecule has 0 N–H and O–H groups in total. The molecule has 0 radical (unpaired) electrons. The number of rotatable bonds is 3. The molecule has 1 aromatic carbocycles. The van der Waals surface area contributed by atoms with Crippen molar-refractivity contribution in [3.05, 3.63) is 30.3 Å². The lowest BCUT2D eigenvalue weighted by atomic mass is 9.96. The topological polar surface area (TPSA) is 12.4 Å². The summed E-state index contributed by atoms with van der Waals surface area (Å²) < 4.78 is 0. The summed E-state index contributed by atoms with van der Waals surface area (Å²) in [7, 11) is 0.737. The molecule has 1 unspecified atom stereocenters. The summed E-state index contributed by atoms with van der Waals surface area (Å²) in [6, 6.07) is 11.2. The van der Waals surface area contributed by atoms with Crippen molar-refractivity contribution in [2.75, 3.05) is 0 Å². The van der Waals surface area contributed by atoms with Crippen molar-refractivity contribution in [1.29, 1.82) is 0 Å². The second kappa shape index (κ2) is 6.02. The number of hydrogen-bond donors (Lipinski definition) is 0. The maximum atomic E-state index is 4.67. The smallest absolute Gasteiger partial charge is 0.0500 e. The van der Waals surface area contributed by atoms with Gasteiger partial charge >= 0.3 is 0 Å². The molecule has 15 heavy (non-hydrogen) atoms. The van der Waals surface area contributed by atoms with E-state index >= 15 is 0 Å². The fourth-order valence-electron chi connectivity index (χ4n) is 1.98. The summed E-state index contributed by atoms with van der Waals surface area (Å²) in [6.45, 7) is 0. The summed E-state index contributed by atoms with van der Waals surface area (Å²) in [6.07, 6.45) is 6.76. The minimum absolute atomic E-state index is 0.620. The molecular weight excluding hydrogens is 201 g/mol. The lowest BCUT2D eigenvalue weighted by Gasteiger charge is -2.16. The molecule has 2 heteroatoms. The molecule has 0 spiro atoms. The molecule has 1 nitrogen and oxygen atoms in total. The van der Waals surface area contributed by atoms with E-state index in [2.05, 4.69) is 41.3 Å². The normalized spacial score (nSPS) is 19.2. The van der Waals surface area contributed by atoms with Crippen molar-refractivity contribution in [3.63, 3.8) is 0 Å². The molecule has 0 bridgehead atoms. The van der Waals surface area contributed by atoms with Gasteiger partial charge in [-0.25, -0.2) is 0 Å². The summed E-state index contributed by atoms with van der Waals surface area (Å²) in [5.74, 6) is 2.13. The molecule has 1 aliphatic carbocycles. The van der Waals surface area contributed by atoms with Crippen LogP contribution in [0.25, 0.3) is 0 Å². The van der Waals surface area contributed by atoms with Gasteiger partial charge in [-0.3, -0.25) is 4.99 Å². The highest BCUT2D eigenvalue weighted by molar-refractivity contribution is 7.62. The van der Waals surface area contributed by atoms with Gasteiger partial charge in [0.15, 0.2) is 0 Å². The lowest BCUT2D eigenvalue weighted by molar-refractivity contribution is 0.445. The molecule has 1 aliphatic rings. The first-order valence-corrected chi connectivity index (χ1v) is 6.86. The van der Waals surface area contributed by atoms with Crippen LogP contribution in [-0.2, 0) is 0 Å². The highest BCUT2D eigenvalue weighted by atomic mass is 31.1. The van der Waals surface area contributed by atoms with E-state index in [1.165, 1.54) is 37.4 Å². The molecule has 0 aromatic heterocycles. The highest BCUT2D eigenvalue weighted by Gasteiger charge is 2.10. The third-order valence-electron chi connectivity index (χ3n) is 2.87. The molecule has 0 heterocycles. The first kappa shape index (κ1) is 10.8. The van der Waals surface area contributed by atoms with Crippen LogP contribution in [0, 0.1) is 0 Å². The van der Waals surface area contributed by atoms with Gasteiger partial charge in [0.2, 0.25) is 0 Å². The first-order chi connectivity index (χ1) is 7.45. The molecule has 1 atom stereocenters. The van der Waals surface area contributed by atoms with E-state index in [1.807, 2.05) is 0 Å². The van der Waals surface area contributed by atoms with Gasteiger partial charge < -0.3 is 0 Å². The Labute approximate surface area is 93.8 Å². The van der Waals surface area contributed by atoms with Crippen LogP contribution in [0.4, 0.5) is 0 Å². The number of nitrogens with zero attached hydrogens (tertiary/aromatic N) is 1. The Kier molecular flexibility index (Phi) is 4.35. The predicted octanol–water partition coefficient (Wildman–Crippen LogP) is 3.35. The zero-order valence-corrected chi connectivity index (χ0v) is 10.0. The zero-order chi connectivity index (χ0) is 10.3. The van der Waals surface area contributed by atoms with Crippen LogP contribution in [-0.4, -0.2) is 12.0 Å². The van der Waals surface area contributed by atoms with Crippen LogP contribution < -0.4 is 5.30 Å². The van der Waals surface area contributed by atoms with Gasteiger partial charge in [-0.2, -0.15) is 0 Å². The van der Waals surface area contributed by atoms with Crippen molar-refractivity contribution < 1.29 is 0 Å². The minimum atomic E-state index is 0.620. The van der Waals surface area contributed by atoms with E-state index in [9.17, 15) is 0 Å². The van der Waals surface area contributed by atoms with Gasteiger partial charge in [0.05, 0.1) is 0 Å². The monoisotopic (exact) mass is 219 g/mol. The average Bonchev–Trinajstić information content (AvgIpc) is 2.32. The SMILES string of the molecule is C(=NC1CCCCC1)Pc1ccccc1. The van der Waals surface area contributed by atoms with Crippen molar-refractivity contribution in [2.24, 2.45) is 4.99 Å². The Bertz CT molecular complexity index is 302. The van der Waals surface area contributed by atoms with Gasteiger partial charge in [0.25, 0.3) is 0 Å². The summed E-state index contributed by atoms with van der Waals surface area (Å²) in [5.41, 5.74) is 0. The molecular formula is C13H18NP. The van der Waals surface area contributed by atoms with E-state index in [-0.39, 0.29) is 0 Å². The number of benzene rings is 1. The Morgan fingerprint density at radius 1 is 1.07 bits per heavy atom. The molecule has 0 amide bonds. The quantitative estimate of drug-likeness (QED) is 0.546. The summed E-state index contributed by atoms with van der Waals surface area (Å²) >= 11 is 0. The maximum Gasteiger partial charge on any atom is 0.0500 e. The molecule has 1 fully saturated rings. The Morgan fingerprint density at radius 2 is 1.80 bits per heavy atom. The molecule has 0 saturated heterocycles. The molecule has 2 rings (SSSR count). The van der Waals surface area contributed by atoms with Gasteiger partial charge in [-0.1, -0.05) is 49.6 Å². The second-order valence-electron chi connectivity index (χ2n) is 4.08. The molecule has 0 aliphatic heterocycles. The Hall–Kier alpha value is -0.680. The number of hydrogen-bond acceptors (Lipinski definition) is 1. The van der Waals surface area contributed by atoms with Gasteiger partial charge in [0.1, 0.15) is 0 Å². The van der Waals surface area contributed by atoms with Crippen LogP contribution in [0.2, 0.25) is 0 Å². The second-order valence-corrected chi connectivity index (χ2v) is 5.20. The molecule has 1 saturated carbocycles. The summed E-state index contributed by atoms with van der Waals surface area (Å²) in [4.78, 5) is 4.67. The Balaban J connectivity index is 1.79.